The molecule has 0 spiro atoms. The highest BCUT2D eigenvalue weighted by atomic mass is 32.2. The molecule has 0 saturated carbocycles. The van der Waals surface area contributed by atoms with Crippen LogP contribution in [0.5, 0.6) is 0 Å². The normalized spacial score (nSPS) is 22.9. The highest BCUT2D eigenvalue weighted by Gasteiger charge is 2.30. The van der Waals surface area contributed by atoms with Crippen LogP contribution in [0.25, 0.3) is 0 Å². The lowest BCUT2D eigenvalue weighted by Gasteiger charge is -2.26. The second-order valence-electron chi connectivity index (χ2n) is 5.78. The van der Waals surface area contributed by atoms with Crippen molar-refractivity contribution < 1.29 is 13.2 Å². The zero-order valence-electron chi connectivity index (χ0n) is 11.2. The van der Waals surface area contributed by atoms with Crippen LogP contribution in [0.15, 0.2) is 24.3 Å². The van der Waals surface area contributed by atoms with Crippen molar-refractivity contribution in [3.05, 3.63) is 35.4 Å². The largest absolute Gasteiger partial charge is 0.301 e. The molecule has 6 heteroatoms. The van der Waals surface area contributed by atoms with Gasteiger partial charge in [-0.3, -0.25) is 4.79 Å². The van der Waals surface area contributed by atoms with Crippen molar-refractivity contribution in [3.63, 3.8) is 0 Å². The second-order valence-corrected chi connectivity index (χ2v) is 7.23. The van der Waals surface area contributed by atoms with E-state index in [1.165, 1.54) is 0 Å². The average Bonchev–Trinajstić information content (AvgIpc) is 2.25. The van der Waals surface area contributed by atoms with E-state index >= 15 is 0 Å². The van der Waals surface area contributed by atoms with Crippen molar-refractivity contribution in [1.82, 2.24) is 9.44 Å². The molecular formula is C13H18N2O3S. The summed E-state index contributed by atoms with van der Waals surface area (Å²) in [5.74, 6) is -0.482. The monoisotopic (exact) mass is 282 g/mol. The SMILES string of the molecule is CC(C)(C)c1cccc(C2CC(=O)NS(=O)(=O)N2)c1. The van der Waals surface area contributed by atoms with Crippen molar-refractivity contribution >= 4 is 16.1 Å². The van der Waals surface area contributed by atoms with E-state index in [-0.39, 0.29) is 11.8 Å². The van der Waals surface area contributed by atoms with Crippen LogP contribution in [-0.4, -0.2) is 14.3 Å². The van der Waals surface area contributed by atoms with Gasteiger partial charge in [0.25, 0.3) is 0 Å². The number of carbonyl (C=O) groups excluding carboxylic acids is 1. The zero-order chi connectivity index (χ0) is 14.3. The predicted octanol–water partition coefficient (Wildman–Crippen LogP) is 1.38. The molecule has 1 amide bonds. The third kappa shape index (κ3) is 3.33. The van der Waals surface area contributed by atoms with Crippen LogP contribution in [0.4, 0.5) is 0 Å². The summed E-state index contributed by atoms with van der Waals surface area (Å²) < 4.78 is 27.3. The lowest BCUT2D eigenvalue weighted by atomic mass is 9.85. The fourth-order valence-electron chi connectivity index (χ4n) is 2.04. The molecule has 1 unspecified atom stereocenters. The van der Waals surface area contributed by atoms with Gasteiger partial charge >= 0.3 is 10.2 Å². The van der Waals surface area contributed by atoms with E-state index in [9.17, 15) is 13.2 Å². The Morgan fingerprint density at radius 1 is 1.26 bits per heavy atom. The third-order valence-electron chi connectivity index (χ3n) is 3.09. The summed E-state index contributed by atoms with van der Waals surface area (Å²) in [4.78, 5) is 11.4. The van der Waals surface area contributed by atoms with Gasteiger partial charge in [0.1, 0.15) is 0 Å². The number of benzene rings is 1. The Kier molecular flexibility index (Phi) is 3.40. The fourth-order valence-corrected chi connectivity index (χ4v) is 3.08. The van der Waals surface area contributed by atoms with Gasteiger partial charge in [-0.15, -0.1) is 0 Å². The third-order valence-corrected chi connectivity index (χ3v) is 4.18. The molecule has 1 heterocycles. The van der Waals surface area contributed by atoms with Crippen molar-refractivity contribution in [3.8, 4) is 0 Å². The number of rotatable bonds is 1. The summed E-state index contributed by atoms with van der Waals surface area (Å²) in [5, 5.41) is 0. The van der Waals surface area contributed by atoms with Crippen LogP contribution in [-0.2, 0) is 20.4 Å². The van der Waals surface area contributed by atoms with Crippen molar-refractivity contribution in [2.75, 3.05) is 0 Å². The first kappa shape index (κ1) is 14.0. The van der Waals surface area contributed by atoms with Crippen LogP contribution in [0.3, 0.4) is 0 Å². The van der Waals surface area contributed by atoms with E-state index in [4.69, 9.17) is 0 Å². The quantitative estimate of drug-likeness (QED) is 0.817. The molecule has 0 bridgehead atoms. The minimum atomic E-state index is -3.73. The molecule has 0 aliphatic carbocycles. The van der Waals surface area contributed by atoms with Crippen LogP contribution < -0.4 is 9.44 Å². The van der Waals surface area contributed by atoms with Crippen molar-refractivity contribution in [2.24, 2.45) is 0 Å². The molecule has 1 fully saturated rings. The number of hydrogen-bond acceptors (Lipinski definition) is 3. The summed E-state index contributed by atoms with van der Waals surface area (Å²) in [6.45, 7) is 6.26. The molecule has 1 aliphatic rings. The Morgan fingerprint density at radius 2 is 1.95 bits per heavy atom. The van der Waals surface area contributed by atoms with E-state index in [2.05, 4.69) is 25.5 Å². The standard InChI is InChI=1S/C13H18N2O3S/c1-13(2,3)10-6-4-5-9(7-10)11-8-12(16)15-19(17,18)14-11/h4-7,11,14H,8H2,1-3H3,(H,15,16). The van der Waals surface area contributed by atoms with Crippen molar-refractivity contribution in [2.45, 2.75) is 38.6 Å². The van der Waals surface area contributed by atoms with Gasteiger partial charge in [0, 0.05) is 6.42 Å². The van der Waals surface area contributed by atoms with Gasteiger partial charge in [0.2, 0.25) is 5.91 Å². The van der Waals surface area contributed by atoms with E-state index in [1.54, 1.807) is 0 Å². The van der Waals surface area contributed by atoms with Crippen LogP contribution >= 0.6 is 0 Å². The lowest BCUT2D eigenvalue weighted by Crippen LogP contribution is -2.48. The van der Waals surface area contributed by atoms with Crippen LogP contribution in [0.1, 0.15) is 44.4 Å². The minimum Gasteiger partial charge on any atom is -0.274 e. The van der Waals surface area contributed by atoms with E-state index < -0.39 is 22.2 Å². The molecule has 1 aromatic rings. The molecule has 5 nitrogen and oxygen atoms in total. The smallest absolute Gasteiger partial charge is 0.274 e. The molecule has 1 aliphatic heterocycles. The Hall–Kier alpha value is -1.40. The van der Waals surface area contributed by atoms with Crippen LogP contribution in [0.2, 0.25) is 0 Å². The molecule has 0 aromatic heterocycles. The van der Waals surface area contributed by atoms with E-state index in [0.717, 1.165) is 11.1 Å². The molecule has 2 N–H and O–H groups in total. The molecule has 104 valence electrons. The maximum atomic E-state index is 11.5. The Balaban J connectivity index is 2.34. The molecule has 1 saturated heterocycles. The Labute approximate surface area is 113 Å². The maximum absolute atomic E-state index is 11.5. The van der Waals surface area contributed by atoms with Gasteiger partial charge in [-0.25, -0.2) is 4.72 Å². The molecule has 19 heavy (non-hydrogen) atoms. The van der Waals surface area contributed by atoms with E-state index in [1.807, 2.05) is 29.0 Å². The number of hydrogen-bond donors (Lipinski definition) is 2. The average molecular weight is 282 g/mol. The predicted molar refractivity (Wildman–Crippen MR) is 72.7 cm³/mol. The first-order valence-corrected chi connectivity index (χ1v) is 7.59. The summed E-state index contributed by atoms with van der Waals surface area (Å²) in [6.07, 6.45) is 0.118. The molecular weight excluding hydrogens is 264 g/mol. The summed E-state index contributed by atoms with van der Waals surface area (Å²) >= 11 is 0. The van der Waals surface area contributed by atoms with Crippen LogP contribution in [0, 0.1) is 0 Å². The number of carbonyl (C=O) groups is 1. The first-order valence-electron chi connectivity index (χ1n) is 6.11. The van der Waals surface area contributed by atoms with E-state index in [0.29, 0.717) is 0 Å². The lowest BCUT2D eigenvalue weighted by molar-refractivity contribution is -0.120. The van der Waals surface area contributed by atoms with Gasteiger partial charge in [-0.1, -0.05) is 45.0 Å². The molecule has 1 aromatic carbocycles. The molecule has 1 atom stereocenters. The Morgan fingerprint density at radius 3 is 2.53 bits per heavy atom. The summed E-state index contributed by atoms with van der Waals surface area (Å²) in [5.41, 5.74) is 1.90. The summed E-state index contributed by atoms with van der Waals surface area (Å²) in [7, 11) is -3.73. The topological polar surface area (TPSA) is 75.3 Å². The number of nitrogens with one attached hydrogen (secondary N) is 2. The maximum Gasteiger partial charge on any atom is 0.301 e. The van der Waals surface area contributed by atoms with Gasteiger partial charge in [-0.05, 0) is 16.5 Å². The van der Waals surface area contributed by atoms with Gasteiger partial charge in [-0.2, -0.15) is 13.1 Å². The van der Waals surface area contributed by atoms with Gasteiger partial charge in [0.05, 0.1) is 6.04 Å². The zero-order valence-corrected chi connectivity index (χ0v) is 12.0. The van der Waals surface area contributed by atoms with Gasteiger partial charge in [0.15, 0.2) is 0 Å². The second kappa shape index (κ2) is 4.61. The summed E-state index contributed by atoms with van der Waals surface area (Å²) in [6, 6.07) is 7.17. The minimum absolute atomic E-state index is 0.0220. The first-order chi connectivity index (χ1) is 8.67. The Bertz CT molecular complexity index is 603. The van der Waals surface area contributed by atoms with Crippen molar-refractivity contribution in [1.29, 1.82) is 0 Å². The molecule has 2 rings (SSSR count). The fraction of sp³-hybridized carbons (Fsp3) is 0.462. The molecule has 0 radical (unpaired) electrons. The highest BCUT2D eigenvalue weighted by molar-refractivity contribution is 7.88. The number of amides is 1. The van der Waals surface area contributed by atoms with Gasteiger partial charge < -0.3 is 0 Å². The highest BCUT2D eigenvalue weighted by Crippen LogP contribution is 2.27.